The highest BCUT2D eigenvalue weighted by Crippen LogP contribution is 2.20. The number of carbonyl (C=O) groups is 2. The van der Waals surface area contributed by atoms with Crippen molar-refractivity contribution in [1.29, 1.82) is 0 Å². The number of hydrogen-bond acceptors (Lipinski definition) is 2. The van der Waals surface area contributed by atoms with Gasteiger partial charge >= 0.3 is 6.04 Å². The van der Waals surface area contributed by atoms with Crippen molar-refractivity contribution in [2.75, 3.05) is 0 Å². The van der Waals surface area contributed by atoms with Crippen LogP contribution in [0.3, 0.4) is 0 Å². The summed E-state index contributed by atoms with van der Waals surface area (Å²) < 4.78 is 50.3. The largest absolute Gasteiger partial charge is 0.366 e. The average Bonchev–Trinajstić information content (AvgIpc) is 2.12. The Kier molecular flexibility index (Phi) is 2.74. The van der Waals surface area contributed by atoms with Crippen LogP contribution < -0.4 is 5.73 Å². The fraction of sp³-hybridized carbons (Fsp3) is 0. The summed E-state index contributed by atoms with van der Waals surface area (Å²) in [5.74, 6) is -7.28. The Labute approximate surface area is 80.5 Å². The average molecular weight is 221 g/mol. The van der Waals surface area contributed by atoms with Crippen molar-refractivity contribution in [1.82, 2.24) is 0 Å². The number of carbonyl (C=O) groups excluding carboxylic acids is 2. The lowest BCUT2D eigenvalue weighted by atomic mass is 10.1. The maximum atomic E-state index is 12.9. The molecule has 0 heterocycles. The molecule has 0 radical (unpaired) electrons. The van der Waals surface area contributed by atoms with Gasteiger partial charge in [0.15, 0.2) is 17.5 Å². The Morgan fingerprint density at radius 2 is 1.67 bits per heavy atom. The molecule has 3 nitrogen and oxygen atoms in total. The minimum Gasteiger partial charge on any atom is -0.366 e. The van der Waals surface area contributed by atoms with Gasteiger partial charge in [-0.15, -0.1) is 0 Å². The molecule has 0 atom stereocenters. The van der Waals surface area contributed by atoms with E-state index in [4.69, 9.17) is 0 Å². The summed E-state index contributed by atoms with van der Waals surface area (Å²) in [6.07, 6.45) is 0. The second kappa shape index (κ2) is 3.68. The van der Waals surface area contributed by atoms with Crippen molar-refractivity contribution in [2.24, 2.45) is 5.73 Å². The molecule has 1 aromatic carbocycles. The lowest BCUT2D eigenvalue weighted by Gasteiger charge is -2.04. The van der Waals surface area contributed by atoms with Gasteiger partial charge in [0.2, 0.25) is 5.91 Å². The van der Waals surface area contributed by atoms with Gasteiger partial charge < -0.3 is 5.73 Å². The molecule has 2 N–H and O–H groups in total. The van der Waals surface area contributed by atoms with Crippen LogP contribution in [0.1, 0.15) is 20.7 Å². The Morgan fingerprint density at radius 1 is 1.13 bits per heavy atom. The highest BCUT2D eigenvalue weighted by atomic mass is 19.2. The lowest BCUT2D eigenvalue weighted by Crippen LogP contribution is -2.18. The van der Waals surface area contributed by atoms with Crippen molar-refractivity contribution >= 4 is 11.9 Å². The Hall–Kier alpha value is -1.92. The SMILES string of the molecule is NC(=O)c1cc(F)c(F)c(F)c1C(=O)F. The van der Waals surface area contributed by atoms with Crippen molar-refractivity contribution in [3.05, 3.63) is 34.6 Å². The zero-order valence-corrected chi connectivity index (χ0v) is 6.98. The minimum atomic E-state index is -2.40. The van der Waals surface area contributed by atoms with Gasteiger partial charge in [0, 0.05) is 0 Å². The van der Waals surface area contributed by atoms with Crippen LogP contribution in [0.4, 0.5) is 17.6 Å². The van der Waals surface area contributed by atoms with E-state index in [1.165, 1.54) is 0 Å². The summed E-state index contributed by atoms with van der Waals surface area (Å²) in [5.41, 5.74) is 2.09. The molecule has 0 aliphatic carbocycles. The quantitative estimate of drug-likeness (QED) is 0.465. The van der Waals surface area contributed by atoms with Gasteiger partial charge in [0.05, 0.1) is 5.56 Å². The molecule has 1 rings (SSSR count). The first-order chi connectivity index (χ1) is 6.86. The molecule has 80 valence electrons. The summed E-state index contributed by atoms with van der Waals surface area (Å²) in [7, 11) is 0. The van der Waals surface area contributed by atoms with E-state index >= 15 is 0 Å². The van der Waals surface area contributed by atoms with Crippen LogP contribution in [0.25, 0.3) is 0 Å². The minimum absolute atomic E-state index is 0.160. The predicted molar refractivity (Wildman–Crippen MR) is 40.3 cm³/mol. The molecular weight excluding hydrogens is 218 g/mol. The predicted octanol–water partition coefficient (Wildman–Crippen LogP) is 1.31. The first kappa shape index (κ1) is 11.2. The summed E-state index contributed by atoms with van der Waals surface area (Å²) in [4.78, 5) is 20.8. The highest BCUT2D eigenvalue weighted by molar-refractivity contribution is 6.04. The number of hydrogen-bond donors (Lipinski definition) is 1. The zero-order chi connectivity index (χ0) is 11.7. The van der Waals surface area contributed by atoms with E-state index < -0.39 is 40.5 Å². The molecule has 0 bridgehead atoms. The van der Waals surface area contributed by atoms with Crippen LogP contribution in [-0.2, 0) is 0 Å². The Balaban J connectivity index is 3.65. The third-order valence-corrected chi connectivity index (χ3v) is 1.62. The smallest absolute Gasteiger partial charge is 0.336 e. The van der Waals surface area contributed by atoms with E-state index in [-0.39, 0.29) is 6.07 Å². The van der Waals surface area contributed by atoms with Gasteiger partial charge in [0.1, 0.15) is 5.56 Å². The number of rotatable bonds is 2. The molecule has 0 aromatic heterocycles. The van der Waals surface area contributed by atoms with Crippen molar-refractivity contribution < 1.29 is 27.2 Å². The van der Waals surface area contributed by atoms with Crippen LogP contribution in [-0.4, -0.2) is 11.9 Å². The second-order valence-electron chi connectivity index (χ2n) is 2.55. The summed E-state index contributed by atoms with van der Waals surface area (Å²) in [5, 5.41) is 0. The lowest BCUT2D eigenvalue weighted by molar-refractivity contribution is 0.0821. The fourth-order valence-electron chi connectivity index (χ4n) is 0.982. The monoisotopic (exact) mass is 221 g/mol. The maximum absolute atomic E-state index is 12.9. The summed E-state index contributed by atoms with van der Waals surface area (Å²) in [6.45, 7) is 0. The number of halogens is 4. The van der Waals surface area contributed by atoms with Crippen LogP contribution in [0.15, 0.2) is 6.07 Å². The molecular formula is C8H3F4NO2. The van der Waals surface area contributed by atoms with Gasteiger partial charge in [0.25, 0.3) is 0 Å². The molecule has 0 aliphatic rings. The molecule has 1 amide bonds. The van der Waals surface area contributed by atoms with Crippen molar-refractivity contribution in [2.45, 2.75) is 0 Å². The molecule has 0 saturated carbocycles. The summed E-state index contributed by atoms with van der Waals surface area (Å²) in [6, 6.07) is -2.24. The zero-order valence-electron chi connectivity index (χ0n) is 6.98. The van der Waals surface area contributed by atoms with Crippen LogP contribution in [0.2, 0.25) is 0 Å². The van der Waals surface area contributed by atoms with E-state index in [0.717, 1.165) is 0 Å². The number of amides is 1. The normalized spacial score (nSPS) is 10.1. The highest BCUT2D eigenvalue weighted by Gasteiger charge is 2.26. The van der Waals surface area contributed by atoms with Gasteiger partial charge in [-0.1, -0.05) is 0 Å². The van der Waals surface area contributed by atoms with Crippen LogP contribution in [0, 0.1) is 17.5 Å². The van der Waals surface area contributed by atoms with Crippen molar-refractivity contribution in [3.63, 3.8) is 0 Å². The summed E-state index contributed by atoms with van der Waals surface area (Å²) >= 11 is 0. The third kappa shape index (κ3) is 1.80. The standard InChI is InChI=1S/C8H3F4NO2/c9-3-1-2(8(13)15)4(7(12)14)6(11)5(3)10/h1H,(H2,13,15). The number of nitrogens with two attached hydrogens (primary N) is 1. The molecule has 0 unspecified atom stereocenters. The second-order valence-corrected chi connectivity index (χ2v) is 2.55. The molecule has 0 spiro atoms. The molecule has 15 heavy (non-hydrogen) atoms. The van der Waals surface area contributed by atoms with Gasteiger partial charge in [-0.05, 0) is 6.07 Å². The first-order valence-electron chi connectivity index (χ1n) is 3.53. The van der Waals surface area contributed by atoms with Gasteiger partial charge in [-0.2, -0.15) is 4.39 Å². The van der Waals surface area contributed by atoms with Gasteiger partial charge in [-0.3, -0.25) is 9.59 Å². The number of benzene rings is 1. The Morgan fingerprint density at radius 3 is 2.07 bits per heavy atom. The van der Waals surface area contributed by atoms with E-state index in [9.17, 15) is 27.2 Å². The maximum Gasteiger partial charge on any atom is 0.336 e. The van der Waals surface area contributed by atoms with E-state index in [2.05, 4.69) is 5.73 Å². The fourth-order valence-corrected chi connectivity index (χ4v) is 0.982. The third-order valence-electron chi connectivity index (χ3n) is 1.62. The van der Waals surface area contributed by atoms with Crippen molar-refractivity contribution in [3.8, 4) is 0 Å². The molecule has 1 aromatic rings. The van der Waals surface area contributed by atoms with Gasteiger partial charge in [-0.25, -0.2) is 13.2 Å². The Bertz CT molecular complexity index is 458. The van der Waals surface area contributed by atoms with Crippen LogP contribution in [0.5, 0.6) is 0 Å². The van der Waals surface area contributed by atoms with E-state index in [1.807, 2.05) is 0 Å². The van der Waals surface area contributed by atoms with E-state index in [1.54, 1.807) is 0 Å². The number of primary amides is 1. The molecule has 0 saturated heterocycles. The molecule has 7 heteroatoms. The van der Waals surface area contributed by atoms with Crippen LogP contribution >= 0.6 is 0 Å². The molecule has 0 fully saturated rings. The topological polar surface area (TPSA) is 60.2 Å². The first-order valence-corrected chi connectivity index (χ1v) is 3.53. The van der Waals surface area contributed by atoms with E-state index in [0.29, 0.717) is 0 Å². The molecule has 0 aliphatic heterocycles.